The third kappa shape index (κ3) is 4.53. The Labute approximate surface area is 99.9 Å². The lowest BCUT2D eigenvalue weighted by Gasteiger charge is -2.15. The SMILES string of the molecule is CC[C@H](O)C[C@@H](Cc1ccc(F)cc1)C(=O)O. The molecule has 0 saturated carbocycles. The molecule has 0 aliphatic heterocycles. The summed E-state index contributed by atoms with van der Waals surface area (Å²) in [7, 11) is 0. The van der Waals surface area contributed by atoms with Crippen LogP contribution in [0.15, 0.2) is 24.3 Å². The van der Waals surface area contributed by atoms with E-state index in [9.17, 15) is 14.3 Å². The first-order valence-corrected chi connectivity index (χ1v) is 5.68. The van der Waals surface area contributed by atoms with Gasteiger partial charge in [-0.05, 0) is 37.0 Å². The fraction of sp³-hybridized carbons (Fsp3) is 0.462. The van der Waals surface area contributed by atoms with Crippen molar-refractivity contribution < 1.29 is 19.4 Å². The lowest BCUT2D eigenvalue weighted by Crippen LogP contribution is -2.22. The first-order valence-electron chi connectivity index (χ1n) is 5.68. The maximum absolute atomic E-state index is 12.7. The summed E-state index contributed by atoms with van der Waals surface area (Å²) in [4.78, 5) is 11.0. The Balaban J connectivity index is 2.66. The first kappa shape index (κ1) is 13.6. The van der Waals surface area contributed by atoms with Gasteiger partial charge in [0.05, 0.1) is 12.0 Å². The van der Waals surface area contributed by atoms with E-state index >= 15 is 0 Å². The minimum atomic E-state index is -0.929. The van der Waals surface area contributed by atoms with Crippen LogP contribution < -0.4 is 0 Å². The fourth-order valence-electron chi connectivity index (χ4n) is 1.67. The van der Waals surface area contributed by atoms with Crippen LogP contribution in [0.1, 0.15) is 25.3 Å². The molecule has 4 heteroatoms. The number of carbonyl (C=O) groups is 1. The standard InChI is InChI=1S/C13H17FO3/c1-2-12(15)8-10(13(16)17)7-9-3-5-11(14)6-4-9/h3-6,10,12,15H,2,7-8H2,1H3,(H,16,17)/t10-,12+/m1/s1. The number of carboxylic acids is 1. The van der Waals surface area contributed by atoms with Crippen molar-refractivity contribution in [2.24, 2.45) is 5.92 Å². The predicted molar refractivity (Wildman–Crippen MR) is 62.1 cm³/mol. The molecule has 0 heterocycles. The number of carboxylic acid groups (broad SMARTS) is 1. The number of hydrogen-bond donors (Lipinski definition) is 2. The van der Waals surface area contributed by atoms with Gasteiger partial charge in [0.1, 0.15) is 5.82 Å². The van der Waals surface area contributed by atoms with Crippen molar-refractivity contribution in [3.8, 4) is 0 Å². The summed E-state index contributed by atoms with van der Waals surface area (Å²) in [5, 5.41) is 18.5. The fourth-order valence-corrected chi connectivity index (χ4v) is 1.67. The molecule has 0 spiro atoms. The van der Waals surface area contributed by atoms with Gasteiger partial charge in [-0.2, -0.15) is 0 Å². The van der Waals surface area contributed by atoms with E-state index in [0.717, 1.165) is 5.56 Å². The number of aliphatic hydroxyl groups is 1. The molecular weight excluding hydrogens is 223 g/mol. The second-order valence-electron chi connectivity index (χ2n) is 4.16. The van der Waals surface area contributed by atoms with E-state index in [4.69, 9.17) is 5.11 Å². The van der Waals surface area contributed by atoms with Crippen molar-refractivity contribution >= 4 is 5.97 Å². The molecule has 2 atom stereocenters. The molecule has 0 aliphatic rings. The lowest BCUT2D eigenvalue weighted by molar-refractivity contribution is -0.142. The number of benzene rings is 1. The van der Waals surface area contributed by atoms with Gasteiger partial charge >= 0.3 is 5.97 Å². The predicted octanol–water partition coefficient (Wildman–Crippen LogP) is 2.23. The van der Waals surface area contributed by atoms with Crippen molar-refractivity contribution in [3.63, 3.8) is 0 Å². The molecule has 0 aromatic heterocycles. The summed E-state index contributed by atoms with van der Waals surface area (Å²) < 4.78 is 12.7. The summed E-state index contributed by atoms with van der Waals surface area (Å²) in [6.07, 6.45) is 0.472. The van der Waals surface area contributed by atoms with E-state index in [1.54, 1.807) is 12.1 Å². The molecule has 2 N–H and O–H groups in total. The molecule has 0 radical (unpaired) electrons. The average Bonchev–Trinajstić information content (AvgIpc) is 2.30. The molecule has 94 valence electrons. The highest BCUT2D eigenvalue weighted by molar-refractivity contribution is 5.70. The van der Waals surface area contributed by atoms with Crippen molar-refractivity contribution in [2.45, 2.75) is 32.3 Å². The molecule has 0 saturated heterocycles. The zero-order valence-electron chi connectivity index (χ0n) is 9.77. The Kier molecular flexibility index (Phi) is 5.10. The third-order valence-corrected chi connectivity index (χ3v) is 2.77. The molecular formula is C13H17FO3. The normalized spacial score (nSPS) is 14.3. The van der Waals surface area contributed by atoms with Crippen LogP contribution >= 0.6 is 0 Å². The molecule has 3 nitrogen and oxygen atoms in total. The van der Waals surface area contributed by atoms with Gasteiger partial charge in [0.2, 0.25) is 0 Å². The van der Waals surface area contributed by atoms with Gasteiger partial charge in [0, 0.05) is 0 Å². The first-order chi connectivity index (χ1) is 8.02. The molecule has 1 aromatic carbocycles. The van der Waals surface area contributed by atoms with Crippen LogP contribution in [-0.4, -0.2) is 22.3 Å². The molecule has 17 heavy (non-hydrogen) atoms. The maximum Gasteiger partial charge on any atom is 0.306 e. The molecule has 0 aliphatic carbocycles. The number of aliphatic hydroxyl groups excluding tert-OH is 1. The van der Waals surface area contributed by atoms with Gasteiger partial charge in [0.15, 0.2) is 0 Å². The highest BCUT2D eigenvalue weighted by Crippen LogP contribution is 2.16. The van der Waals surface area contributed by atoms with Gasteiger partial charge in [-0.25, -0.2) is 4.39 Å². The van der Waals surface area contributed by atoms with Crippen LogP contribution in [0.3, 0.4) is 0 Å². The molecule has 0 fully saturated rings. The monoisotopic (exact) mass is 240 g/mol. The van der Waals surface area contributed by atoms with Gasteiger partial charge in [0.25, 0.3) is 0 Å². The van der Waals surface area contributed by atoms with E-state index in [0.29, 0.717) is 12.8 Å². The van der Waals surface area contributed by atoms with Gasteiger partial charge in [-0.15, -0.1) is 0 Å². The highest BCUT2D eigenvalue weighted by atomic mass is 19.1. The Morgan fingerprint density at radius 3 is 2.41 bits per heavy atom. The quantitative estimate of drug-likeness (QED) is 0.801. The van der Waals surface area contributed by atoms with Crippen molar-refractivity contribution in [2.75, 3.05) is 0 Å². The second-order valence-corrected chi connectivity index (χ2v) is 4.16. The number of hydrogen-bond acceptors (Lipinski definition) is 2. The average molecular weight is 240 g/mol. The van der Waals surface area contributed by atoms with Crippen LogP contribution in [0.2, 0.25) is 0 Å². The lowest BCUT2D eigenvalue weighted by atomic mass is 9.93. The number of aliphatic carboxylic acids is 1. The summed E-state index contributed by atoms with van der Waals surface area (Å²) in [6.45, 7) is 1.81. The van der Waals surface area contributed by atoms with Crippen LogP contribution in [-0.2, 0) is 11.2 Å². The van der Waals surface area contributed by atoms with Crippen LogP contribution in [0, 0.1) is 11.7 Å². The molecule has 0 bridgehead atoms. The van der Waals surface area contributed by atoms with Crippen molar-refractivity contribution in [1.82, 2.24) is 0 Å². The number of rotatable bonds is 6. The molecule has 0 amide bonds. The Bertz CT molecular complexity index is 361. The van der Waals surface area contributed by atoms with E-state index in [-0.39, 0.29) is 12.2 Å². The van der Waals surface area contributed by atoms with Gasteiger partial charge in [-0.1, -0.05) is 19.1 Å². The third-order valence-electron chi connectivity index (χ3n) is 2.77. The summed E-state index contributed by atoms with van der Waals surface area (Å²) in [5.74, 6) is -1.90. The summed E-state index contributed by atoms with van der Waals surface area (Å²) >= 11 is 0. The smallest absolute Gasteiger partial charge is 0.306 e. The minimum absolute atomic E-state index is 0.225. The highest BCUT2D eigenvalue weighted by Gasteiger charge is 2.21. The van der Waals surface area contributed by atoms with Crippen LogP contribution in [0.4, 0.5) is 4.39 Å². The Morgan fingerprint density at radius 2 is 1.94 bits per heavy atom. The van der Waals surface area contributed by atoms with Crippen molar-refractivity contribution in [1.29, 1.82) is 0 Å². The molecule has 0 unspecified atom stereocenters. The van der Waals surface area contributed by atoms with E-state index < -0.39 is 18.0 Å². The molecule has 1 aromatic rings. The largest absolute Gasteiger partial charge is 0.481 e. The van der Waals surface area contributed by atoms with E-state index in [1.165, 1.54) is 12.1 Å². The van der Waals surface area contributed by atoms with Gasteiger partial charge in [-0.3, -0.25) is 4.79 Å². The van der Waals surface area contributed by atoms with Gasteiger partial charge < -0.3 is 10.2 Å². The summed E-state index contributed by atoms with van der Waals surface area (Å²) in [5.41, 5.74) is 0.766. The molecule has 1 rings (SSSR count). The van der Waals surface area contributed by atoms with Crippen molar-refractivity contribution in [3.05, 3.63) is 35.6 Å². The zero-order valence-corrected chi connectivity index (χ0v) is 9.77. The zero-order chi connectivity index (χ0) is 12.8. The topological polar surface area (TPSA) is 57.5 Å². The minimum Gasteiger partial charge on any atom is -0.481 e. The Morgan fingerprint density at radius 1 is 1.35 bits per heavy atom. The van der Waals surface area contributed by atoms with Crippen LogP contribution in [0.25, 0.3) is 0 Å². The van der Waals surface area contributed by atoms with E-state index in [2.05, 4.69) is 0 Å². The number of halogens is 1. The Hall–Kier alpha value is -1.42. The van der Waals surface area contributed by atoms with E-state index in [1.807, 2.05) is 6.92 Å². The summed E-state index contributed by atoms with van der Waals surface area (Å²) in [6, 6.07) is 5.77. The second kappa shape index (κ2) is 6.35. The maximum atomic E-state index is 12.7. The van der Waals surface area contributed by atoms with Crippen LogP contribution in [0.5, 0.6) is 0 Å².